The maximum Gasteiger partial charge on any atom is 0.428 e. The van der Waals surface area contributed by atoms with E-state index < -0.39 is 0 Å². The van der Waals surface area contributed by atoms with E-state index in [4.69, 9.17) is 10.1 Å². The summed E-state index contributed by atoms with van der Waals surface area (Å²) in [6, 6.07) is 5.41. The Morgan fingerprint density at radius 2 is 1.81 bits per heavy atom. The molecule has 0 saturated heterocycles. The van der Waals surface area contributed by atoms with E-state index in [0.29, 0.717) is 11.4 Å². The van der Waals surface area contributed by atoms with Crippen LogP contribution < -0.4 is 34.5 Å². The number of hydrogen-bond donors (Lipinski definition) is 0. The maximum atomic E-state index is 8.68. The first-order valence-corrected chi connectivity index (χ1v) is 3.89. The van der Waals surface area contributed by atoms with Gasteiger partial charge in [0.2, 0.25) is 11.1 Å². The number of ether oxygens (including phenoxy) is 1. The second-order valence-corrected chi connectivity index (χ2v) is 2.85. The molecule has 1 aromatic carbocycles. The average Bonchev–Trinajstić information content (AvgIpc) is 2.16. The van der Waals surface area contributed by atoms with Crippen LogP contribution in [0.4, 0.5) is 11.4 Å². The van der Waals surface area contributed by atoms with E-state index in [2.05, 4.69) is 4.98 Å². The van der Waals surface area contributed by atoms with Crippen molar-refractivity contribution >= 4 is 11.4 Å². The third-order valence-corrected chi connectivity index (χ3v) is 1.79. The number of anilines is 1. The van der Waals surface area contributed by atoms with Gasteiger partial charge >= 0.3 is 5.69 Å². The standard InChI is InChI=1S/C9H12N3O.2ClH.Zn/c1-12(2)7-4-5-9(13-3)8(6-7)11-10;;;/h4-6H,1-3H3;2*1H;/q+1;;;/p-2. The molecule has 0 spiro atoms. The topological polar surface area (TPSA) is 40.6 Å². The first-order chi connectivity index (χ1) is 6.19. The summed E-state index contributed by atoms with van der Waals surface area (Å²) in [6.07, 6.45) is 0. The van der Waals surface area contributed by atoms with E-state index in [0.717, 1.165) is 5.69 Å². The molecule has 0 aliphatic rings. The van der Waals surface area contributed by atoms with Gasteiger partial charge in [-0.3, -0.25) is 0 Å². The number of nitrogens with zero attached hydrogens (tertiary/aromatic N) is 3. The predicted molar refractivity (Wildman–Crippen MR) is 52.1 cm³/mol. The van der Waals surface area contributed by atoms with Crippen LogP contribution in [0.3, 0.4) is 0 Å². The first-order valence-electron chi connectivity index (χ1n) is 3.89. The number of benzene rings is 1. The molecule has 86 valence electrons. The zero-order valence-corrected chi connectivity index (χ0v) is 13.9. The molecule has 16 heavy (non-hydrogen) atoms. The molecule has 0 aliphatic heterocycles. The van der Waals surface area contributed by atoms with E-state index in [-0.39, 0.29) is 44.3 Å². The molecule has 0 atom stereocenters. The number of methoxy groups -OCH3 is 1. The van der Waals surface area contributed by atoms with E-state index in [1.165, 1.54) is 0 Å². The predicted octanol–water partition coefficient (Wildman–Crippen LogP) is -3.75. The fourth-order valence-electron chi connectivity index (χ4n) is 1.03. The smallest absolute Gasteiger partial charge is 0.428 e. The Labute approximate surface area is 121 Å². The van der Waals surface area contributed by atoms with Crippen LogP contribution in [0, 0.1) is 5.39 Å². The van der Waals surface area contributed by atoms with Crippen molar-refractivity contribution in [2.24, 2.45) is 0 Å². The van der Waals surface area contributed by atoms with Crippen LogP contribution in [0.5, 0.6) is 5.75 Å². The summed E-state index contributed by atoms with van der Waals surface area (Å²) in [7, 11) is 5.38. The van der Waals surface area contributed by atoms with Crippen LogP contribution in [0.1, 0.15) is 0 Å². The summed E-state index contributed by atoms with van der Waals surface area (Å²) in [5.74, 6) is 0.563. The maximum absolute atomic E-state index is 8.68. The molecule has 0 saturated carbocycles. The fraction of sp³-hybridized carbons (Fsp3) is 0.333. The summed E-state index contributed by atoms with van der Waals surface area (Å²) in [5.41, 5.74) is 1.40. The molecule has 0 heterocycles. The molecule has 7 heteroatoms. The summed E-state index contributed by atoms with van der Waals surface area (Å²) in [5, 5.41) is 8.68. The fourth-order valence-corrected chi connectivity index (χ4v) is 1.03. The summed E-state index contributed by atoms with van der Waals surface area (Å²) < 4.78 is 5.00. The number of rotatable bonds is 2. The number of hydrogen-bond acceptors (Lipinski definition) is 3. The average molecular weight is 315 g/mol. The van der Waals surface area contributed by atoms with Crippen LogP contribution >= 0.6 is 0 Å². The Hall–Kier alpha value is -0.557. The molecule has 0 unspecified atom stereocenters. The van der Waals surface area contributed by atoms with Gasteiger partial charge in [-0.25, -0.2) is 0 Å². The van der Waals surface area contributed by atoms with Crippen molar-refractivity contribution in [3.05, 3.63) is 23.2 Å². The molecule has 1 rings (SSSR count). The van der Waals surface area contributed by atoms with Crippen LogP contribution in [-0.4, -0.2) is 21.2 Å². The van der Waals surface area contributed by atoms with Crippen molar-refractivity contribution in [2.45, 2.75) is 0 Å². The van der Waals surface area contributed by atoms with Crippen molar-refractivity contribution < 1.29 is 49.0 Å². The van der Waals surface area contributed by atoms with Gasteiger partial charge < -0.3 is 34.5 Å². The molecular formula is C9H12Cl2N3OZn-. The molecule has 0 aliphatic carbocycles. The molecule has 0 N–H and O–H groups in total. The third-order valence-electron chi connectivity index (χ3n) is 1.79. The molecule has 0 aromatic heterocycles. The molecule has 0 bridgehead atoms. The molecule has 4 nitrogen and oxygen atoms in total. The zero-order valence-electron chi connectivity index (χ0n) is 9.44. The largest absolute Gasteiger partial charge is 1.00 e. The van der Waals surface area contributed by atoms with E-state index in [1.54, 1.807) is 19.2 Å². The third kappa shape index (κ3) is 4.98. The minimum Gasteiger partial charge on any atom is -1.00 e. The van der Waals surface area contributed by atoms with Gasteiger partial charge in [-0.2, -0.15) is 0 Å². The Bertz CT molecular complexity index is 355. The van der Waals surface area contributed by atoms with Crippen molar-refractivity contribution in [3.8, 4) is 5.75 Å². The Morgan fingerprint density at radius 3 is 2.19 bits per heavy atom. The Kier molecular flexibility index (Phi) is 12.6. The second-order valence-electron chi connectivity index (χ2n) is 2.85. The Balaban J connectivity index is -0.000000563. The van der Waals surface area contributed by atoms with E-state index in [9.17, 15) is 0 Å². The quantitative estimate of drug-likeness (QED) is 0.416. The van der Waals surface area contributed by atoms with Crippen LogP contribution in [0.2, 0.25) is 0 Å². The molecule has 0 fully saturated rings. The summed E-state index contributed by atoms with van der Waals surface area (Å²) in [6.45, 7) is 0. The molecule has 1 aromatic rings. The van der Waals surface area contributed by atoms with Gasteiger partial charge in [-0.05, 0) is 12.1 Å². The van der Waals surface area contributed by atoms with Gasteiger partial charge in [0.25, 0.3) is 0 Å². The minimum atomic E-state index is 0. The SMILES string of the molecule is COc1ccc(N(C)C)cc1[N+]#N.[Cl-].[Cl-].[Zn]. The number of halogens is 2. The monoisotopic (exact) mass is 312 g/mol. The van der Waals surface area contributed by atoms with Gasteiger partial charge in [0.1, 0.15) is 0 Å². The zero-order chi connectivity index (χ0) is 9.84. The molecule has 0 amide bonds. The first kappa shape index (κ1) is 20.8. The molecule has 0 radical (unpaired) electrons. The Morgan fingerprint density at radius 1 is 1.25 bits per heavy atom. The van der Waals surface area contributed by atoms with E-state index >= 15 is 0 Å². The van der Waals surface area contributed by atoms with Gasteiger partial charge in [-0.1, -0.05) is 0 Å². The van der Waals surface area contributed by atoms with Crippen molar-refractivity contribution in [1.82, 2.24) is 0 Å². The molecular weight excluding hydrogens is 302 g/mol. The van der Waals surface area contributed by atoms with Gasteiger partial charge in [0.05, 0.1) is 13.2 Å². The van der Waals surface area contributed by atoms with Gasteiger partial charge in [0, 0.05) is 39.3 Å². The summed E-state index contributed by atoms with van der Waals surface area (Å²) in [4.78, 5) is 5.06. The minimum absolute atomic E-state index is 0. The van der Waals surface area contributed by atoms with Crippen molar-refractivity contribution in [2.75, 3.05) is 26.1 Å². The van der Waals surface area contributed by atoms with Crippen LogP contribution in [0.15, 0.2) is 18.2 Å². The van der Waals surface area contributed by atoms with E-state index in [1.807, 2.05) is 25.1 Å². The number of diazo groups is 1. The summed E-state index contributed by atoms with van der Waals surface area (Å²) >= 11 is 0. The van der Waals surface area contributed by atoms with Gasteiger partial charge in [0.15, 0.2) is 4.98 Å². The van der Waals surface area contributed by atoms with Crippen molar-refractivity contribution in [1.29, 1.82) is 5.39 Å². The normalized spacial score (nSPS) is 7.38. The van der Waals surface area contributed by atoms with Gasteiger partial charge in [-0.15, -0.1) is 0 Å². The van der Waals surface area contributed by atoms with Crippen molar-refractivity contribution in [3.63, 3.8) is 0 Å². The second kappa shape index (κ2) is 9.65. The van der Waals surface area contributed by atoms with Crippen LogP contribution in [-0.2, 0) is 19.5 Å². The van der Waals surface area contributed by atoms with Crippen LogP contribution in [0.25, 0.3) is 4.98 Å².